The monoisotopic (exact) mass is 183 g/mol. The van der Waals surface area contributed by atoms with Crippen LogP contribution in [0, 0.1) is 11.8 Å². The van der Waals surface area contributed by atoms with E-state index in [9.17, 15) is 9.59 Å². The fraction of sp³-hybridized carbons (Fsp3) is 0.800. The van der Waals surface area contributed by atoms with Gasteiger partial charge in [0.2, 0.25) is 5.91 Å². The van der Waals surface area contributed by atoms with Gasteiger partial charge in [0, 0.05) is 18.8 Å². The standard InChI is InChI=1S/C10H17NO2/c1-2-3-7-4-5-8(12)6-9(7)10(11)13/h7,9H,2-6H2,1H3,(H2,11,13). The van der Waals surface area contributed by atoms with Crippen LogP contribution in [0.25, 0.3) is 0 Å². The van der Waals surface area contributed by atoms with Crippen molar-refractivity contribution in [2.24, 2.45) is 17.6 Å². The van der Waals surface area contributed by atoms with E-state index in [4.69, 9.17) is 5.73 Å². The van der Waals surface area contributed by atoms with E-state index < -0.39 is 0 Å². The first-order valence-corrected chi connectivity index (χ1v) is 4.96. The van der Waals surface area contributed by atoms with Crippen LogP contribution in [0.1, 0.15) is 39.0 Å². The summed E-state index contributed by atoms with van der Waals surface area (Å²) in [5.41, 5.74) is 5.26. The molecule has 1 amide bonds. The zero-order valence-electron chi connectivity index (χ0n) is 8.08. The molecule has 3 nitrogen and oxygen atoms in total. The number of hydrogen-bond acceptors (Lipinski definition) is 2. The summed E-state index contributed by atoms with van der Waals surface area (Å²) in [5, 5.41) is 0. The van der Waals surface area contributed by atoms with Gasteiger partial charge in [-0.15, -0.1) is 0 Å². The summed E-state index contributed by atoms with van der Waals surface area (Å²) in [6.45, 7) is 2.09. The van der Waals surface area contributed by atoms with Crippen LogP contribution in [0.15, 0.2) is 0 Å². The molecule has 74 valence electrons. The minimum absolute atomic E-state index is 0.191. The molecule has 1 saturated carbocycles. The Morgan fingerprint density at radius 1 is 1.62 bits per heavy atom. The van der Waals surface area contributed by atoms with E-state index >= 15 is 0 Å². The van der Waals surface area contributed by atoms with Crippen molar-refractivity contribution in [2.45, 2.75) is 39.0 Å². The molecular formula is C10H17NO2. The highest BCUT2D eigenvalue weighted by molar-refractivity contribution is 5.87. The Kier molecular flexibility index (Phi) is 3.46. The molecule has 0 aromatic rings. The molecule has 2 N–H and O–H groups in total. The van der Waals surface area contributed by atoms with E-state index in [1.54, 1.807) is 0 Å². The second kappa shape index (κ2) is 4.40. The lowest BCUT2D eigenvalue weighted by Gasteiger charge is -2.28. The maximum Gasteiger partial charge on any atom is 0.221 e. The lowest BCUT2D eigenvalue weighted by atomic mass is 9.76. The normalized spacial score (nSPS) is 28.8. The molecule has 0 aliphatic heterocycles. The first kappa shape index (κ1) is 10.2. The number of ketones is 1. The molecule has 3 heteroatoms. The minimum atomic E-state index is -0.300. The molecule has 1 aliphatic carbocycles. The highest BCUT2D eigenvalue weighted by Gasteiger charge is 2.32. The quantitative estimate of drug-likeness (QED) is 0.716. The molecule has 0 heterocycles. The smallest absolute Gasteiger partial charge is 0.221 e. The summed E-state index contributed by atoms with van der Waals surface area (Å²) in [6, 6.07) is 0. The van der Waals surface area contributed by atoms with E-state index in [0.29, 0.717) is 18.8 Å². The lowest BCUT2D eigenvalue weighted by Crippen LogP contribution is -2.35. The first-order valence-electron chi connectivity index (χ1n) is 4.96. The maximum absolute atomic E-state index is 11.1. The Morgan fingerprint density at radius 3 is 2.85 bits per heavy atom. The molecule has 1 aliphatic rings. The Morgan fingerprint density at radius 2 is 2.31 bits per heavy atom. The van der Waals surface area contributed by atoms with Crippen LogP contribution in [-0.2, 0) is 9.59 Å². The Balaban J connectivity index is 2.60. The van der Waals surface area contributed by atoms with Gasteiger partial charge in [-0.2, -0.15) is 0 Å². The first-order chi connectivity index (χ1) is 6.15. The molecule has 0 spiro atoms. The highest BCUT2D eigenvalue weighted by Crippen LogP contribution is 2.31. The number of primary amides is 1. The third-order valence-electron chi connectivity index (χ3n) is 2.84. The SMILES string of the molecule is CCCC1CCC(=O)CC1C(N)=O. The van der Waals surface area contributed by atoms with Crippen LogP contribution in [0.4, 0.5) is 0 Å². The maximum atomic E-state index is 11.1. The third kappa shape index (κ3) is 2.54. The highest BCUT2D eigenvalue weighted by atomic mass is 16.1. The molecule has 0 aromatic heterocycles. The summed E-state index contributed by atoms with van der Waals surface area (Å²) in [4.78, 5) is 22.2. The van der Waals surface area contributed by atoms with Crippen molar-refractivity contribution in [3.63, 3.8) is 0 Å². The zero-order chi connectivity index (χ0) is 9.84. The van der Waals surface area contributed by atoms with E-state index in [1.807, 2.05) is 0 Å². The van der Waals surface area contributed by atoms with Gasteiger partial charge in [-0.05, 0) is 18.8 Å². The van der Waals surface area contributed by atoms with E-state index in [1.165, 1.54) is 0 Å². The minimum Gasteiger partial charge on any atom is -0.369 e. The number of amides is 1. The van der Waals surface area contributed by atoms with Crippen molar-refractivity contribution < 1.29 is 9.59 Å². The molecule has 0 saturated heterocycles. The molecule has 2 atom stereocenters. The van der Waals surface area contributed by atoms with Crippen LogP contribution < -0.4 is 5.73 Å². The van der Waals surface area contributed by atoms with Gasteiger partial charge in [-0.25, -0.2) is 0 Å². The summed E-state index contributed by atoms with van der Waals surface area (Å²) >= 11 is 0. The van der Waals surface area contributed by atoms with E-state index in [0.717, 1.165) is 19.3 Å². The van der Waals surface area contributed by atoms with Gasteiger partial charge in [-0.1, -0.05) is 13.3 Å². The zero-order valence-corrected chi connectivity index (χ0v) is 8.08. The van der Waals surface area contributed by atoms with Gasteiger partial charge in [0.15, 0.2) is 0 Å². The molecule has 0 bridgehead atoms. The molecule has 0 radical (unpaired) electrons. The fourth-order valence-corrected chi connectivity index (χ4v) is 2.11. The predicted octanol–water partition coefficient (Wildman–Crippen LogP) is 1.26. The number of rotatable bonds is 3. The number of hydrogen-bond donors (Lipinski definition) is 1. The Labute approximate surface area is 78.7 Å². The Hall–Kier alpha value is -0.860. The molecule has 1 rings (SSSR count). The van der Waals surface area contributed by atoms with Crippen LogP contribution in [0.5, 0.6) is 0 Å². The molecule has 1 fully saturated rings. The Bertz CT molecular complexity index is 213. The average Bonchev–Trinajstić information content (AvgIpc) is 2.08. The van der Waals surface area contributed by atoms with E-state index in [-0.39, 0.29) is 17.6 Å². The average molecular weight is 183 g/mol. The van der Waals surface area contributed by atoms with Gasteiger partial charge >= 0.3 is 0 Å². The number of carbonyl (C=O) groups is 2. The van der Waals surface area contributed by atoms with Gasteiger partial charge in [0.05, 0.1) is 0 Å². The second-order valence-corrected chi connectivity index (χ2v) is 3.84. The van der Waals surface area contributed by atoms with Crippen LogP contribution >= 0.6 is 0 Å². The largest absolute Gasteiger partial charge is 0.369 e. The van der Waals surface area contributed by atoms with Crippen molar-refractivity contribution in [3.8, 4) is 0 Å². The van der Waals surface area contributed by atoms with Gasteiger partial charge in [0.1, 0.15) is 5.78 Å². The molecular weight excluding hydrogens is 166 g/mol. The molecule has 2 unspecified atom stereocenters. The van der Waals surface area contributed by atoms with Gasteiger partial charge in [0.25, 0.3) is 0 Å². The topological polar surface area (TPSA) is 60.2 Å². The van der Waals surface area contributed by atoms with Crippen molar-refractivity contribution in [1.29, 1.82) is 0 Å². The van der Waals surface area contributed by atoms with Gasteiger partial charge in [-0.3, -0.25) is 9.59 Å². The lowest BCUT2D eigenvalue weighted by molar-refractivity contribution is -0.132. The summed E-state index contributed by atoms with van der Waals surface area (Å²) in [7, 11) is 0. The third-order valence-corrected chi connectivity index (χ3v) is 2.84. The van der Waals surface area contributed by atoms with Crippen LogP contribution in [0.3, 0.4) is 0 Å². The van der Waals surface area contributed by atoms with Crippen molar-refractivity contribution in [1.82, 2.24) is 0 Å². The van der Waals surface area contributed by atoms with Crippen molar-refractivity contribution in [2.75, 3.05) is 0 Å². The summed E-state index contributed by atoms with van der Waals surface area (Å²) in [5.74, 6) is 0.0454. The second-order valence-electron chi connectivity index (χ2n) is 3.84. The van der Waals surface area contributed by atoms with Gasteiger partial charge < -0.3 is 5.73 Å². The fourth-order valence-electron chi connectivity index (χ4n) is 2.11. The van der Waals surface area contributed by atoms with Crippen molar-refractivity contribution >= 4 is 11.7 Å². The van der Waals surface area contributed by atoms with E-state index in [2.05, 4.69) is 6.92 Å². The summed E-state index contributed by atoms with van der Waals surface area (Å²) in [6.07, 6.45) is 3.93. The number of Topliss-reactive ketones (excluding diaryl/α,β-unsaturated/α-hetero) is 1. The summed E-state index contributed by atoms with van der Waals surface area (Å²) < 4.78 is 0. The van der Waals surface area contributed by atoms with Crippen LogP contribution in [-0.4, -0.2) is 11.7 Å². The van der Waals surface area contributed by atoms with Crippen LogP contribution in [0.2, 0.25) is 0 Å². The van der Waals surface area contributed by atoms with Crippen molar-refractivity contribution in [3.05, 3.63) is 0 Å². The molecule has 0 aromatic carbocycles. The molecule has 13 heavy (non-hydrogen) atoms. The predicted molar refractivity (Wildman–Crippen MR) is 49.9 cm³/mol. The number of nitrogens with two attached hydrogens (primary N) is 1. The number of carbonyl (C=O) groups excluding carboxylic acids is 2.